The summed E-state index contributed by atoms with van der Waals surface area (Å²) in [6.07, 6.45) is -4.42. The number of rotatable bonds is 4. The standard InChI is InChI=1S/C18H23F3N2O2/c1-25-11-10-23-13-17(14-4-2-3-5-15(14)23)6-8-22(9-7-17)16(24)12-18(19,20)21/h2-5H,6-13H2,1H3. The molecule has 0 saturated carbocycles. The summed E-state index contributed by atoms with van der Waals surface area (Å²) in [5, 5.41) is 0. The molecule has 0 atom stereocenters. The van der Waals surface area contributed by atoms with Gasteiger partial charge in [0.2, 0.25) is 5.91 Å². The predicted octanol–water partition coefficient (Wildman–Crippen LogP) is 2.97. The van der Waals surface area contributed by atoms with E-state index in [0.29, 0.717) is 32.5 Å². The molecule has 1 amide bonds. The number of hydrogen-bond acceptors (Lipinski definition) is 3. The minimum absolute atomic E-state index is 0.0840. The molecular formula is C18H23F3N2O2. The summed E-state index contributed by atoms with van der Waals surface area (Å²) in [5.41, 5.74) is 2.34. The molecule has 7 heteroatoms. The number of likely N-dealkylation sites (tertiary alicyclic amines) is 1. The van der Waals surface area contributed by atoms with Crippen molar-refractivity contribution in [3.63, 3.8) is 0 Å². The van der Waals surface area contributed by atoms with Crippen LogP contribution in [0, 0.1) is 0 Å². The maximum absolute atomic E-state index is 12.5. The van der Waals surface area contributed by atoms with Crippen LogP contribution < -0.4 is 4.90 Å². The lowest BCUT2D eigenvalue weighted by molar-refractivity contribution is -0.162. The van der Waals surface area contributed by atoms with Crippen molar-refractivity contribution >= 4 is 11.6 Å². The number of piperidine rings is 1. The Morgan fingerprint density at radius 3 is 2.56 bits per heavy atom. The zero-order chi connectivity index (χ0) is 18.1. The van der Waals surface area contributed by atoms with Crippen LogP contribution in [0.3, 0.4) is 0 Å². The van der Waals surface area contributed by atoms with E-state index in [1.807, 2.05) is 12.1 Å². The third-order valence-electron chi connectivity index (χ3n) is 5.30. The number of benzene rings is 1. The number of anilines is 1. The monoisotopic (exact) mass is 356 g/mol. The molecule has 25 heavy (non-hydrogen) atoms. The fourth-order valence-electron chi connectivity index (χ4n) is 4.03. The van der Waals surface area contributed by atoms with Crippen molar-refractivity contribution in [2.24, 2.45) is 0 Å². The Hall–Kier alpha value is -1.76. The van der Waals surface area contributed by atoms with Crippen LogP contribution in [-0.2, 0) is 14.9 Å². The number of alkyl halides is 3. The molecule has 0 aliphatic carbocycles. The van der Waals surface area contributed by atoms with Crippen molar-refractivity contribution < 1.29 is 22.7 Å². The molecule has 2 aliphatic rings. The van der Waals surface area contributed by atoms with Gasteiger partial charge >= 0.3 is 6.18 Å². The lowest BCUT2D eigenvalue weighted by atomic mass is 9.74. The van der Waals surface area contributed by atoms with E-state index < -0.39 is 18.5 Å². The first-order chi connectivity index (χ1) is 11.8. The van der Waals surface area contributed by atoms with Crippen LogP contribution in [0.1, 0.15) is 24.8 Å². The Balaban J connectivity index is 1.71. The van der Waals surface area contributed by atoms with E-state index in [0.717, 1.165) is 13.1 Å². The van der Waals surface area contributed by atoms with Crippen LogP contribution >= 0.6 is 0 Å². The van der Waals surface area contributed by atoms with Gasteiger partial charge in [-0.1, -0.05) is 18.2 Å². The van der Waals surface area contributed by atoms with Gasteiger partial charge in [-0.2, -0.15) is 13.2 Å². The highest BCUT2D eigenvalue weighted by atomic mass is 19.4. The van der Waals surface area contributed by atoms with E-state index >= 15 is 0 Å². The number of fused-ring (bicyclic) bond motifs is 2. The van der Waals surface area contributed by atoms with Gasteiger partial charge in [-0.3, -0.25) is 4.79 Å². The number of halogens is 3. The van der Waals surface area contributed by atoms with E-state index in [1.54, 1.807) is 7.11 Å². The Labute approximate surface area is 145 Å². The number of para-hydroxylation sites is 1. The second-order valence-corrected chi connectivity index (χ2v) is 6.88. The Morgan fingerprint density at radius 2 is 1.92 bits per heavy atom. The molecular weight excluding hydrogens is 333 g/mol. The maximum Gasteiger partial charge on any atom is 0.397 e. The average Bonchev–Trinajstić information content (AvgIpc) is 2.86. The topological polar surface area (TPSA) is 32.8 Å². The van der Waals surface area contributed by atoms with Crippen molar-refractivity contribution in [3.05, 3.63) is 29.8 Å². The number of nitrogens with zero attached hydrogens (tertiary/aromatic N) is 2. The highest BCUT2D eigenvalue weighted by molar-refractivity contribution is 5.77. The van der Waals surface area contributed by atoms with E-state index in [2.05, 4.69) is 17.0 Å². The van der Waals surface area contributed by atoms with Gasteiger partial charge in [0.05, 0.1) is 6.61 Å². The molecule has 138 valence electrons. The number of carbonyl (C=O) groups is 1. The fraction of sp³-hybridized carbons (Fsp3) is 0.611. The van der Waals surface area contributed by atoms with Gasteiger partial charge in [-0.25, -0.2) is 0 Å². The third-order valence-corrected chi connectivity index (χ3v) is 5.30. The van der Waals surface area contributed by atoms with Crippen LogP contribution in [0.25, 0.3) is 0 Å². The molecule has 1 aromatic rings. The summed E-state index contributed by atoms with van der Waals surface area (Å²) >= 11 is 0. The van der Waals surface area contributed by atoms with E-state index in [9.17, 15) is 18.0 Å². The zero-order valence-corrected chi connectivity index (χ0v) is 14.3. The van der Waals surface area contributed by atoms with Gasteiger partial charge in [0.1, 0.15) is 6.42 Å². The fourth-order valence-corrected chi connectivity index (χ4v) is 4.03. The molecule has 0 radical (unpaired) electrons. The molecule has 1 fully saturated rings. The summed E-state index contributed by atoms with van der Waals surface area (Å²) in [5.74, 6) is -0.815. The molecule has 1 spiro atoms. The summed E-state index contributed by atoms with van der Waals surface area (Å²) in [6, 6.07) is 8.19. The minimum Gasteiger partial charge on any atom is -0.383 e. The van der Waals surface area contributed by atoms with Gasteiger partial charge in [0, 0.05) is 44.4 Å². The van der Waals surface area contributed by atoms with Crippen LogP contribution in [0.2, 0.25) is 0 Å². The van der Waals surface area contributed by atoms with E-state index in [4.69, 9.17) is 4.74 Å². The van der Waals surface area contributed by atoms with Crippen molar-refractivity contribution in [1.29, 1.82) is 0 Å². The Bertz CT molecular complexity index is 625. The number of methoxy groups -OCH3 is 1. The maximum atomic E-state index is 12.5. The van der Waals surface area contributed by atoms with Gasteiger partial charge in [0.25, 0.3) is 0 Å². The molecule has 0 N–H and O–H groups in total. The van der Waals surface area contributed by atoms with E-state index in [1.165, 1.54) is 16.2 Å². The zero-order valence-electron chi connectivity index (χ0n) is 14.3. The molecule has 0 unspecified atom stereocenters. The average molecular weight is 356 g/mol. The first-order valence-corrected chi connectivity index (χ1v) is 8.53. The lowest BCUT2D eigenvalue weighted by Gasteiger charge is -2.40. The summed E-state index contributed by atoms with van der Waals surface area (Å²) in [4.78, 5) is 15.5. The third kappa shape index (κ3) is 3.76. The molecule has 2 heterocycles. The molecule has 0 bridgehead atoms. The predicted molar refractivity (Wildman–Crippen MR) is 88.7 cm³/mol. The largest absolute Gasteiger partial charge is 0.397 e. The summed E-state index contributed by atoms with van der Waals surface area (Å²) in [7, 11) is 1.67. The number of hydrogen-bond donors (Lipinski definition) is 0. The smallest absolute Gasteiger partial charge is 0.383 e. The Morgan fingerprint density at radius 1 is 1.24 bits per heavy atom. The van der Waals surface area contributed by atoms with Crippen LogP contribution in [-0.4, -0.2) is 56.9 Å². The number of amides is 1. The highest BCUT2D eigenvalue weighted by Gasteiger charge is 2.45. The first-order valence-electron chi connectivity index (χ1n) is 8.53. The molecule has 1 aromatic carbocycles. The first kappa shape index (κ1) is 18.0. The Kier molecular flexibility index (Phi) is 4.95. The van der Waals surface area contributed by atoms with Gasteiger partial charge in [0.15, 0.2) is 0 Å². The second kappa shape index (κ2) is 6.86. The molecule has 4 nitrogen and oxygen atoms in total. The number of ether oxygens (including phenoxy) is 1. The molecule has 3 rings (SSSR count). The summed E-state index contributed by atoms with van der Waals surface area (Å²) < 4.78 is 42.6. The van der Waals surface area contributed by atoms with Crippen LogP contribution in [0.4, 0.5) is 18.9 Å². The van der Waals surface area contributed by atoms with Crippen molar-refractivity contribution in [1.82, 2.24) is 4.90 Å². The molecule has 0 aromatic heterocycles. The highest BCUT2D eigenvalue weighted by Crippen LogP contribution is 2.46. The van der Waals surface area contributed by atoms with Gasteiger partial charge < -0.3 is 14.5 Å². The van der Waals surface area contributed by atoms with Crippen LogP contribution in [0.15, 0.2) is 24.3 Å². The van der Waals surface area contributed by atoms with Crippen LogP contribution in [0.5, 0.6) is 0 Å². The van der Waals surface area contributed by atoms with Crippen molar-refractivity contribution in [3.8, 4) is 0 Å². The lowest BCUT2D eigenvalue weighted by Crippen LogP contribution is -2.48. The summed E-state index contributed by atoms with van der Waals surface area (Å²) in [6.45, 7) is 2.99. The SMILES string of the molecule is COCCN1CC2(CCN(C(=O)CC(F)(F)F)CC2)c2ccccc21. The van der Waals surface area contributed by atoms with E-state index in [-0.39, 0.29) is 5.41 Å². The minimum atomic E-state index is -4.44. The normalized spacial score (nSPS) is 19.4. The van der Waals surface area contributed by atoms with Crippen molar-refractivity contribution in [2.45, 2.75) is 30.9 Å². The van der Waals surface area contributed by atoms with Crippen molar-refractivity contribution in [2.75, 3.05) is 44.8 Å². The molecule has 1 saturated heterocycles. The quantitative estimate of drug-likeness (QED) is 0.832. The molecule has 2 aliphatic heterocycles. The van der Waals surface area contributed by atoms with Gasteiger partial charge in [-0.05, 0) is 24.5 Å². The van der Waals surface area contributed by atoms with Gasteiger partial charge in [-0.15, -0.1) is 0 Å². The second-order valence-electron chi connectivity index (χ2n) is 6.88. The number of carbonyl (C=O) groups excluding carboxylic acids is 1.